The fourth-order valence-corrected chi connectivity index (χ4v) is 2.19. The molecule has 0 amide bonds. The molecule has 0 atom stereocenters. The SMILES string of the molecule is CC(C)c1ccn(O)c(=O)n1.CC(C)c1ccn(O)c(=O)n1.CC(C)c1ccn(O)c(=O)n1.[Fe+3]. The summed E-state index contributed by atoms with van der Waals surface area (Å²) in [6.45, 7) is 11.6. The second-order valence-corrected chi connectivity index (χ2v) is 7.90. The summed E-state index contributed by atoms with van der Waals surface area (Å²) in [5, 5.41) is 26.3. The van der Waals surface area contributed by atoms with Gasteiger partial charge in [-0.05, 0) is 36.0 Å². The van der Waals surface area contributed by atoms with Crippen LogP contribution in [-0.2, 0) is 17.1 Å². The molecule has 13 heteroatoms. The van der Waals surface area contributed by atoms with Gasteiger partial charge >= 0.3 is 34.1 Å². The van der Waals surface area contributed by atoms with Crippen molar-refractivity contribution < 1.29 is 32.7 Å². The van der Waals surface area contributed by atoms with Crippen LogP contribution in [0.2, 0.25) is 0 Å². The molecule has 0 bridgehead atoms. The van der Waals surface area contributed by atoms with Gasteiger partial charge in [0.25, 0.3) is 0 Å². The summed E-state index contributed by atoms with van der Waals surface area (Å²) in [6, 6.07) is 4.85. The van der Waals surface area contributed by atoms with Gasteiger partial charge in [-0.2, -0.15) is 15.0 Å². The fourth-order valence-electron chi connectivity index (χ4n) is 2.19. The van der Waals surface area contributed by atoms with Crippen molar-refractivity contribution in [1.82, 2.24) is 29.1 Å². The normalized spacial score (nSPS) is 10.1. The van der Waals surface area contributed by atoms with E-state index >= 15 is 0 Å². The maximum atomic E-state index is 10.7. The smallest absolute Gasteiger partial charge is 0.424 e. The topological polar surface area (TPSA) is 165 Å². The molecule has 0 aliphatic carbocycles. The minimum absolute atomic E-state index is 0. The third-order valence-corrected chi connectivity index (χ3v) is 4.20. The number of nitrogens with zero attached hydrogens (tertiary/aromatic N) is 6. The van der Waals surface area contributed by atoms with Crippen molar-refractivity contribution in [3.8, 4) is 0 Å². The van der Waals surface area contributed by atoms with Crippen LogP contribution in [0.5, 0.6) is 0 Å². The Bertz CT molecular complexity index is 1070. The van der Waals surface area contributed by atoms with Crippen molar-refractivity contribution >= 4 is 0 Å². The zero-order chi connectivity index (χ0) is 25.3. The zero-order valence-corrected chi connectivity index (χ0v) is 20.9. The van der Waals surface area contributed by atoms with Gasteiger partial charge in [0.2, 0.25) is 0 Å². The Morgan fingerprint density at radius 1 is 0.559 bits per heavy atom. The van der Waals surface area contributed by atoms with E-state index in [0.29, 0.717) is 31.3 Å². The van der Waals surface area contributed by atoms with E-state index in [1.807, 2.05) is 41.5 Å². The van der Waals surface area contributed by atoms with Crippen LogP contribution in [0.25, 0.3) is 0 Å². The van der Waals surface area contributed by atoms with E-state index in [9.17, 15) is 14.4 Å². The van der Waals surface area contributed by atoms with E-state index in [2.05, 4.69) is 15.0 Å². The maximum absolute atomic E-state index is 10.7. The summed E-state index contributed by atoms with van der Waals surface area (Å²) >= 11 is 0. The molecule has 3 aromatic heterocycles. The van der Waals surface area contributed by atoms with Crippen molar-refractivity contribution in [3.63, 3.8) is 0 Å². The quantitative estimate of drug-likeness (QED) is 0.346. The molecule has 3 aromatic rings. The molecule has 0 saturated heterocycles. The molecular formula is C21H30FeN6O6+3. The molecule has 0 fully saturated rings. The average Bonchev–Trinajstić information content (AvgIpc) is 2.74. The predicted molar refractivity (Wildman–Crippen MR) is 119 cm³/mol. The number of rotatable bonds is 3. The van der Waals surface area contributed by atoms with Crippen LogP contribution in [0.15, 0.2) is 51.2 Å². The average molecular weight is 518 g/mol. The van der Waals surface area contributed by atoms with Crippen molar-refractivity contribution in [2.45, 2.75) is 59.3 Å². The van der Waals surface area contributed by atoms with Crippen molar-refractivity contribution in [2.75, 3.05) is 0 Å². The molecular weight excluding hydrogens is 488 g/mol. The molecule has 0 unspecified atom stereocenters. The zero-order valence-electron chi connectivity index (χ0n) is 19.8. The molecule has 3 rings (SSSR count). The van der Waals surface area contributed by atoms with E-state index in [-0.39, 0.29) is 34.8 Å². The van der Waals surface area contributed by atoms with E-state index < -0.39 is 17.1 Å². The molecule has 0 saturated carbocycles. The van der Waals surface area contributed by atoms with E-state index in [0.717, 1.165) is 0 Å². The number of hydrogen-bond donors (Lipinski definition) is 3. The van der Waals surface area contributed by atoms with Gasteiger partial charge in [-0.25, -0.2) is 14.4 Å². The molecule has 0 aromatic carbocycles. The van der Waals surface area contributed by atoms with Crippen molar-refractivity contribution in [2.24, 2.45) is 0 Å². The van der Waals surface area contributed by atoms with Gasteiger partial charge in [-0.1, -0.05) is 41.5 Å². The van der Waals surface area contributed by atoms with E-state index in [1.54, 1.807) is 18.2 Å². The van der Waals surface area contributed by atoms with Crippen LogP contribution < -0.4 is 17.1 Å². The monoisotopic (exact) mass is 518 g/mol. The van der Waals surface area contributed by atoms with Crippen LogP contribution in [0.1, 0.15) is 76.4 Å². The van der Waals surface area contributed by atoms with Crippen LogP contribution in [-0.4, -0.2) is 44.8 Å². The van der Waals surface area contributed by atoms with Crippen LogP contribution in [0.3, 0.4) is 0 Å². The Labute approximate surface area is 206 Å². The minimum atomic E-state index is -0.629. The largest absolute Gasteiger partial charge is 3.00 e. The molecule has 3 heterocycles. The molecule has 0 aliphatic rings. The third-order valence-electron chi connectivity index (χ3n) is 4.20. The van der Waals surface area contributed by atoms with Gasteiger partial charge in [0.1, 0.15) is 0 Å². The first-order chi connectivity index (χ1) is 15.3. The maximum Gasteiger partial charge on any atom is 3.00 e. The van der Waals surface area contributed by atoms with E-state index in [1.165, 1.54) is 18.6 Å². The summed E-state index contributed by atoms with van der Waals surface area (Å²) in [4.78, 5) is 43.1. The minimum Gasteiger partial charge on any atom is -0.424 e. The molecule has 12 nitrogen and oxygen atoms in total. The Morgan fingerprint density at radius 2 is 0.765 bits per heavy atom. The van der Waals surface area contributed by atoms with Gasteiger partial charge in [0.05, 0.1) is 35.7 Å². The standard InChI is InChI=1S/3C7H10N2O2.Fe/c3*1-5(2)6-3-4-9(11)7(10)8-6;/h3*3-5,11H,1-2H3;/q;;;+3. The second-order valence-electron chi connectivity index (χ2n) is 7.90. The second kappa shape index (κ2) is 14.0. The van der Waals surface area contributed by atoms with Crippen LogP contribution in [0.4, 0.5) is 0 Å². The Kier molecular flexibility index (Phi) is 12.5. The molecule has 0 aliphatic heterocycles. The Balaban J connectivity index is 0.000000473. The van der Waals surface area contributed by atoms with Gasteiger partial charge in [0.15, 0.2) is 0 Å². The molecule has 34 heavy (non-hydrogen) atoms. The first-order valence-corrected chi connectivity index (χ1v) is 10.2. The Hall–Kier alpha value is -3.44. The van der Waals surface area contributed by atoms with Gasteiger partial charge in [0, 0.05) is 0 Å². The predicted octanol–water partition coefficient (Wildman–Crippen LogP) is 1.81. The Morgan fingerprint density at radius 3 is 0.912 bits per heavy atom. The summed E-state index contributed by atoms with van der Waals surface area (Å²) in [6.07, 6.45) is 3.89. The number of aromatic nitrogens is 6. The van der Waals surface area contributed by atoms with Gasteiger partial charge < -0.3 is 15.6 Å². The van der Waals surface area contributed by atoms with Gasteiger partial charge in [-0.15, -0.1) is 14.2 Å². The third kappa shape index (κ3) is 9.59. The van der Waals surface area contributed by atoms with Crippen molar-refractivity contribution in [1.29, 1.82) is 0 Å². The van der Waals surface area contributed by atoms with Crippen LogP contribution >= 0.6 is 0 Å². The molecule has 185 valence electrons. The van der Waals surface area contributed by atoms with E-state index in [4.69, 9.17) is 15.6 Å². The first kappa shape index (κ1) is 30.6. The number of hydrogen-bond acceptors (Lipinski definition) is 9. The summed E-state index contributed by atoms with van der Waals surface area (Å²) < 4.78 is 1.39. The molecule has 1 radical (unpaired) electrons. The van der Waals surface area contributed by atoms with Crippen LogP contribution in [0, 0.1) is 0 Å². The van der Waals surface area contributed by atoms with Gasteiger partial charge in [-0.3, -0.25) is 0 Å². The summed E-state index contributed by atoms with van der Waals surface area (Å²) in [5.74, 6) is 0.636. The van der Waals surface area contributed by atoms with Crippen molar-refractivity contribution in [3.05, 3.63) is 85.3 Å². The first-order valence-electron chi connectivity index (χ1n) is 10.2. The summed E-state index contributed by atoms with van der Waals surface area (Å²) in [5.41, 5.74) is 0.199. The molecule has 0 spiro atoms. The molecule has 3 N–H and O–H groups in total. The fraction of sp³-hybridized carbons (Fsp3) is 0.429. The summed E-state index contributed by atoms with van der Waals surface area (Å²) in [7, 11) is 0.